The highest BCUT2D eigenvalue weighted by Gasteiger charge is 2.21. The molecule has 7 heteroatoms. The summed E-state index contributed by atoms with van der Waals surface area (Å²) in [7, 11) is 1.73. The molecule has 0 saturated carbocycles. The number of methoxy groups -OCH3 is 1. The van der Waals surface area contributed by atoms with E-state index < -0.39 is 0 Å². The second-order valence-corrected chi connectivity index (χ2v) is 7.44. The Labute approximate surface area is 178 Å². The van der Waals surface area contributed by atoms with E-state index in [4.69, 9.17) is 14.7 Å². The van der Waals surface area contributed by atoms with Crippen molar-refractivity contribution < 1.29 is 4.74 Å². The van der Waals surface area contributed by atoms with Crippen LogP contribution < -0.4 is 15.0 Å². The predicted octanol–water partition coefficient (Wildman–Crippen LogP) is 2.94. The molecule has 1 aromatic carbocycles. The van der Waals surface area contributed by atoms with Crippen molar-refractivity contribution >= 4 is 17.3 Å². The van der Waals surface area contributed by atoms with Gasteiger partial charge in [0.05, 0.1) is 25.0 Å². The smallest absolute Gasteiger partial charge is 0.194 e. The van der Waals surface area contributed by atoms with Gasteiger partial charge in [-0.1, -0.05) is 18.2 Å². The maximum absolute atomic E-state index is 5.53. The van der Waals surface area contributed by atoms with Gasteiger partial charge >= 0.3 is 0 Å². The van der Waals surface area contributed by atoms with E-state index >= 15 is 0 Å². The van der Waals surface area contributed by atoms with Gasteiger partial charge in [0.15, 0.2) is 5.96 Å². The number of ether oxygens (including phenoxy) is 1. The van der Waals surface area contributed by atoms with Crippen LogP contribution in [0, 0.1) is 6.92 Å². The fraction of sp³-hybridized carbons (Fsp3) is 0.391. The third-order valence-corrected chi connectivity index (χ3v) is 5.48. The lowest BCUT2D eigenvalue weighted by molar-refractivity contribution is 0.367. The zero-order chi connectivity index (χ0) is 20.9. The first-order chi connectivity index (χ1) is 14.7. The van der Waals surface area contributed by atoms with E-state index in [1.165, 1.54) is 5.69 Å². The van der Waals surface area contributed by atoms with Gasteiger partial charge in [-0.3, -0.25) is 0 Å². The number of nitrogens with one attached hydrogen (secondary N) is 1. The molecule has 2 aromatic heterocycles. The quantitative estimate of drug-likeness (QED) is 0.522. The van der Waals surface area contributed by atoms with Gasteiger partial charge in [-0.15, -0.1) is 0 Å². The number of nitrogens with zero attached hydrogens (tertiary/aromatic N) is 5. The number of rotatable bonds is 5. The minimum Gasteiger partial charge on any atom is -0.495 e. The number of benzene rings is 1. The number of imidazole rings is 1. The number of aliphatic imine (C=N–C) groups is 1. The van der Waals surface area contributed by atoms with E-state index in [1.54, 1.807) is 7.11 Å². The molecule has 1 saturated heterocycles. The first kappa shape index (κ1) is 20.1. The Kier molecular flexibility index (Phi) is 6.07. The highest BCUT2D eigenvalue weighted by molar-refractivity contribution is 5.80. The monoisotopic (exact) mass is 406 g/mol. The van der Waals surface area contributed by atoms with Crippen LogP contribution in [0.4, 0.5) is 5.69 Å². The minimum atomic E-state index is 0.566. The Morgan fingerprint density at radius 3 is 2.63 bits per heavy atom. The van der Waals surface area contributed by atoms with Crippen molar-refractivity contribution in [3.63, 3.8) is 0 Å². The summed E-state index contributed by atoms with van der Waals surface area (Å²) in [5, 5.41) is 3.44. The molecule has 0 spiro atoms. The highest BCUT2D eigenvalue weighted by Crippen LogP contribution is 2.28. The maximum Gasteiger partial charge on any atom is 0.194 e. The van der Waals surface area contributed by atoms with E-state index in [2.05, 4.69) is 57.8 Å². The molecular formula is C23H30N6O. The van der Waals surface area contributed by atoms with Crippen LogP contribution in [-0.2, 0) is 6.54 Å². The summed E-state index contributed by atoms with van der Waals surface area (Å²) in [5.74, 6) is 1.87. The van der Waals surface area contributed by atoms with E-state index in [9.17, 15) is 0 Å². The predicted molar refractivity (Wildman–Crippen MR) is 122 cm³/mol. The molecule has 1 aliphatic heterocycles. The lowest BCUT2D eigenvalue weighted by Gasteiger charge is -2.38. The third kappa shape index (κ3) is 4.20. The van der Waals surface area contributed by atoms with E-state index in [0.717, 1.165) is 61.5 Å². The van der Waals surface area contributed by atoms with Gasteiger partial charge in [-0.25, -0.2) is 9.98 Å². The molecular weight excluding hydrogens is 376 g/mol. The lowest BCUT2D eigenvalue weighted by Crippen LogP contribution is -2.52. The maximum atomic E-state index is 5.53. The SMILES string of the molecule is CCNC(=NCc1cn2c(C)cccc2n1)N1CCN(c2ccccc2OC)CC1. The van der Waals surface area contributed by atoms with Crippen LogP contribution in [0.15, 0.2) is 53.7 Å². The number of guanidine groups is 1. The summed E-state index contributed by atoms with van der Waals surface area (Å²) in [6, 6.07) is 14.4. The van der Waals surface area contributed by atoms with Crippen LogP contribution >= 0.6 is 0 Å². The lowest BCUT2D eigenvalue weighted by atomic mass is 10.2. The van der Waals surface area contributed by atoms with Crippen LogP contribution in [0.2, 0.25) is 0 Å². The number of hydrogen-bond donors (Lipinski definition) is 1. The van der Waals surface area contributed by atoms with Gasteiger partial charge < -0.3 is 24.3 Å². The van der Waals surface area contributed by atoms with Gasteiger partial charge in [0.25, 0.3) is 0 Å². The van der Waals surface area contributed by atoms with Crippen molar-refractivity contribution in [2.45, 2.75) is 20.4 Å². The summed E-state index contributed by atoms with van der Waals surface area (Å²) in [6.07, 6.45) is 2.08. The topological polar surface area (TPSA) is 57.4 Å². The fourth-order valence-corrected chi connectivity index (χ4v) is 3.91. The van der Waals surface area contributed by atoms with Gasteiger partial charge in [-0.2, -0.15) is 0 Å². The van der Waals surface area contributed by atoms with E-state index in [-0.39, 0.29) is 0 Å². The van der Waals surface area contributed by atoms with Gasteiger partial charge in [0.1, 0.15) is 11.4 Å². The van der Waals surface area contributed by atoms with Crippen molar-refractivity contribution in [1.29, 1.82) is 0 Å². The largest absolute Gasteiger partial charge is 0.495 e. The molecule has 4 rings (SSSR count). The van der Waals surface area contributed by atoms with Gasteiger partial charge in [0, 0.05) is 44.6 Å². The summed E-state index contributed by atoms with van der Waals surface area (Å²) in [5.41, 5.74) is 4.28. The molecule has 1 N–H and O–H groups in total. The molecule has 3 heterocycles. The van der Waals surface area contributed by atoms with E-state index in [0.29, 0.717) is 6.54 Å². The van der Waals surface area contributed by atoms with Crippen molar-refractivity contribution in [2.75, 3.05) is 44.7 Å². The number of para-hydroxylation sites is 2. The molecule has 0 atom stereocenters. The Bertz CT molecular complexity index is 1020. The van der Waals surface area contributed by atoms with Crippen molar-refractivity contribution in [2.24, 2.45) is 4.99 Å². The average molecular weight is 407 g/mol. The molecule has 0 bridgehead atoms. The fourth-order valence-electron chi connectivity index (χ4n) is 3.91. The molecule has 7 nitrogen and oxygen atoms in total. The molecule has 1 fully saturated rings. The van der Waals surface area contributed by atoms with Crippen LogP contribution in [-0.4, -0.2) is 60.1 Å². The van der Waals surface area contributed by atoms with E-state index in [1.807, 2.05) is 24.3 Å². The number of aromatic nitrogens is 2. The Balaban J connectivity index is 1.44. The number of anilines is 1. The normalized spacial score (nSPS) is 15.0. The number of aryl methyl sites for hydroxylation is 1. The molecule has 0 amide bonds. The Morgan fingerprint density at radius 1 is 1.10 bits per heavy atom. The molecule has 0 radical (unpaired) electrons. The van der Waals surface area contributed by atoms with Crippen LogP contribution in [0.25, 0.3) is 5.65 Å². The summed E-state index contributed by atoms with van der Waals surface area (Å²) in [6.45, 7) is 9.28. The standard InChI is InChI=1S/C23H30N6O/c1-4-24-23(25-16-19-17-29-18(2)8-7-11-22(29)26-19)28-14-12-27(13-15-28)20-9-5-6-10-21(20)30-3/h5-11,17H,4,12-16H2,1-3H3,(H,24,25). The molecule has 158 valence electrons. The second kappa shape index (κ2) is 9.07. The summed E-state index contributed by atoms with van der Waals surface area (Å²) >= 11 is 0. The molecule has 0 unspecified atom stereocenters. The number of fused-ring (bicyclic) bond motifs is 1. The van der Waals surface area contributed by atoms with Crippen LogP contribution in [0.3, 0.4) is 0 Å². The van der Waals surface area contributed by atoms with Gasteiger partial charge in [0.2, 0.25) is 0 Å². The molecule has 30 heavy (non-hydrogen) atoms. The highest BCUT2D eigenvalue weighted by atomic mass is 16.5. The van der Waals surface area contributed by atoms with Crippen LogP contribution in [0.1, 0.15) is 18.3 Å². The zero-order valence-corrected chi connectivity index (χ0v) is 18.0. The van der Waals surface area contributed by atoms with Crippen LogP contribution in [0.5, 0.6) is 5.75 Å². The summed E-state index contributed by atoms with van der Waals surface area (Å²) < 4.78 is 7.65. The first-order valence-corrected chi connectivity index (χ1v) is 10.5. The zero-order valence-electron chi connectivity index (χ0n) is 18.0. The Hall–Kier alpha value is -3.22. The van der Waals surface area contributed by atoms with Gasteiger partial charge in [-0.05, 0) is 38.1 Å². The number of hydrogen-bond acceptors (Lipinski definition) is 4. The number of piperazine rings is 1. The summed E-state index contributed by atoms with van der Waals surface area (Å²) in [4.78, 5) is 14.3. The minimum absolute atomic E-state index is 0.566. The van der Waals surface area contributed by atoms with Crippen molar-refractivity contribution in [1.82, 2.24) is 19.6 Å². The molecule has 0 aliphatic carbocycles. The van der Waals surface area contributed by atoms with Crippen molar-refractivity contribution in [3.05, 3.63) is 60.0 Å². The Morgan fingerprint density at radius 2 is 1.90 bits per heavy atom. The first-order valence-electron chi connectivity index (χ1n) is 10.5. The number of pyridine rings is 1. The average Bonchev–Trinajstić information content (AvgIpc) is 3.21. The molecule has 3 aromatic rings. The molecule has 1 aliphatic rings. The second-order valence-electron chi connectivity index (χ2n) is 7.44. The third-order valence-electron chi connectivity index (χ3n) is 5.48. The van der Waals surface area contributed by atoms with Crippen molar-refractivity contribution in [3.8, 4) is 5.75 Å².